The van der Waals surface area contributed by atoms with Crippen LogP contribution in [-0.4, -0.2) is 60.3 Å². The Morgan fingerprint density at radius 1 is 0.476 bits per heavy atom. The molecule has 0 aliphatic rings. The maximum absolute atomic E-state index is 14.6. The van der Waals surface area contributed by atoms with Crippen LogP contribution in [0.1, 0.15) is 0 Å². The second-order valence-corrected chi connectivity index (χ2v) is 13.8. The van der Waals surface area contributed by atoms with E-state index in [0.29, 0.717) is 0 Å². The van der Waals surface area contributed by atoms with Crippen LogP contribution in [0.3, 0.4) is 0 Å². The monoisotopic (exact) mass is 808 g/mol. The number of hydrogen-bond acceptors (Lipinski definition) is 3. The van der Waals surface area contributed by atoms with Crippen LogP contribution in [0.25, 0.3) is 0 Å². The molecule has 0 saturated carbocycles. The third kappa shape index (κ3) is 5.30. The van der Waals surface area contributed by atoms with Gasteiger partial charge in [0.05, 0.1) is 6.26 Å². The summed E-state index contributed by atoms with van der Waals surface area (Å²) in [6.07, 6.45) is -8.65. The van der Waals surface area contributed by atoms with Crippen LogP contribution in [0.4, 0.5) is 96.6 Å². The van der Waals surface area contributed by atoms with Crippen molar-refractivity contribution >= 4 is 10.1 Å². The van der Waals surface area contributed by atoms with Crippen molar-refractivity contribution < 1.29 is 128 Å². The molecule has 0 atom stereocenters. The van der Waals surface area contributed by atoms with Gasteiger partial charge < -0.3 is 0 Å². The molecule has 0 aliphatic carbocycles. The van der Waals surface area contributed by atoms with Gasteiger partial charge in [-0.15, -0.1) is 0 Å². The normalized spacial score (nSPS) is 15.5. The first-order chi connectivity index (χ1) is 18.0. The van der Waals surface area contributed by atoms with Crippen LogP contribution < -0.4 is 20.2 Å². The van der Waals surface area contributed by atoms with E-state index in [-0.39, 0.29) is 0 Å². The second-order valence-electron chi connectivity index (χ2n) is 7.34. The lowest BCUT2D eigenvalue weighted by atomic mass is 9.91. The predicted molar refractivity (Wildman–Crippen MR) is 81.5 cm³/mol. The molecule has 0 N–H and O–H groups in total. The van der Waals surface area contributed by atoms with E-state index in [2.05, 4.69) is 2.51 Å². The van der Waals surface area contributed by atoms with Crippen molar-refractivity contribution in [3.8, 4) is 0 Å². The fourth-order valence-corrected chi connectivity index (χ4v) is 8.80. The minimum Gasteiger partial charge on any atom is -0.200 e. The van der Waals surface area contributed by atoms with Crippen molar-refractivity contribution in [3.05, 3.63) is 32.7 Å². The Balaban J connectivity index is 4.13. The first-order valence-corrected chi connectivity index (χ1v) is 13.7. The molecule has 1 rings (SSSR count). The van der Waals surface area contributed by atoms with Gasteiger partial charge >= 0.3 is 76.0 Å². The standard InChI is InChI=1S/C15H3F22IO3S/c1-42(39,40)41-38(7-5(19)3(17)2(16)4(18)6(7)20)15(36,37)13(31,32)11(27,28)9(23,24)8(21,22)10(25,26)12(29,30)14(33,34)35/h1H3/q+1. The van der Waals surface area contributed by atoms with E-state index in [1.165, 1.54) is 0 Å². The summed E-state index contributed by atoms with van der Waals surface area (Å²) in [7, 11) is -6.09. The molecular weight excluding hydrogens is 805 g/mol. The summed E-state index contributed by atoms with van der Waals surface area (Å²) >= 11 is -7.93. The predicted octanol–water partition coefficient (Wildman–Crippen LogP) is 4.03. The average Bonchev–Trinajstić information content (AvgIpc) is 2.78. The Hall–Kier alpha value is -1.68. The fraction of sp³-hybridized carbons (Fsp3) is 0.600. The smallest absolute Gasteiger partial charge is 0.200 e. The lowest BCUT2D eigenvalue weighted by Crippen LogP contribution is -3.91. The molecule has 0 amide bonds. The Morgan fingerprint density at radius 2 is 0.738 bits per heavy atom. The van der Waals surface area contributed by atoms with Gasteiger partial charge in [-0.1, -0.05) is 0 Å². The van der Waals surface area contributed by atoms with E-state index < -0.39 is 115 Å². The molecule has 0 aromatic heterocycles. The van der Waals surface area contributed by atoms with E-state index >= 15 is 0 Å². The first kappa shape index (κ1) is 38.3. The summed E-state index contributed by atoms with van der Waals surface area (Å²) in [5, 5.41) is 0. The van der Waals surface area contributed by atoms with Crippen LogP contribution in [0.5, 0.6) is 0 Å². The van der Waals surface area contributed by atoms with Gasteiger partial charge in [0.25, 0.3) is 3.57 Å². The Labute approximate surface area is 222 Å². The summed E-state index contributed by atoms with van der Waals surface area (Å²) in [6.45, 7) is 0. The zero-order chi connectivity index (χ0) is 34.2. The van der Waals surface area contributed by atoms with Crippen molar-refractivity contribution in [2.75, 3.05) is 6.26 Å². The fourth-order valence-electron chi connectivity index (χ4n) is 2.29. The quantitative estimate of drug-likeness (QED) is 0.118. The van der Waals surface area contributed by atoms with Crippen molar-refractivity contribution in [1.29, 1.82) is 0 Å². The maximum atomic E-state index is 14.6. The summed E-state index contributed by atoms with van der Waals surface area (Å²) in [4.78, 5) is 0. The zero-order valence-electron chi connectivity index (χ0n) is 18.3. The molecule has 1 radical (unpaired) electrons. The number of hydrogen-bond donors (Lipinski definition) is 0. The van der Waals surface area contributed by atoms with Crippen LogP contribution >= 0.6 is 0 Å². The van der Waals surface area contributed by atoms with Gasteiger partial charge in [-0.3, -0.25) is 0 Å². The molecular formula is C15H3F22IO3S+. The molecule has 0 unspecified atom stereocenters. The third-order valence-corrected chi connectivity index (χ3v) is 11.6. The summed E-state index contributed by atoms with van der Waals surface area (Å²) in [5.74, 6) is -71.3. The second kappa shape index (κ2) is 10.5. The highest BCUT2D eigenvalue weighted by molar-refractivity contribution is 7.85. The Bertz CT molecular complexity index is 1290. The van der Waals surface area contributed by atoms with Crippen molar-refractivity contribution in [1.82, 2.24) is 0 Å². The molecule has 3 nitrogen and oxygen atoms in total. The molecule has 0 fully saturated rings. The lowest BCUT2D eigenvalue weighted by Gasteiger charge is -2.41. The molecule has 42 heavy (non-hydrogen) atoms. The van der Waals surface area contributed by atoms with Gasteiger partial charge in [0, 0.05) is 0 Å². The first-order valence-electron chi connectivity index (χ1n) is 8.85. The van der Waals surface area contributed by atoms with Gasteiger partial charge in [-0.25, -0.2) is 13.2 Å². The van der Waals surface area contributed by atoms with Crippen LogP contribution in [0.2, 0.25) is 0 Å². The highest BCUT2D eigenvalue weighted by Crippen LogP contribution is 2.63. The van der Waals surface area contributed by atoms with E-state index in [1.54, 1.807) is 0 Å². The molecule has 0 saturated heterocycles. The minimum absolute atomic E-state index is 0.599. The third-order valence-electron chi connectivity index (χ3n) is 4.40. The number of halogens is 23. The van der Waals surface area contributed by atoms with E-state index in [1.807, 2.05) is 0 Å². The van der Waals surface area contributed by atoms with Gasteiger partial charge in [0.2, 0.25) is 29.1 Å². The van der Waals surface area contributed by atoms with Crippen molar-refractivity contribution in [3.63, 3.8) is 0 Å². The molecule has 247 valence electrons. The van der Waals surface area contributed by atoms with Gasteiger partial charge in [-0.2, -0.15) is 91.8 Å². The SMILES string of the molecule is CS(=O)(=O)O[I+](c1c(F)c(F)c(F)c(F)c1F)C(F)(F)C(F)(F)C(F)(F)C(F)(F)C(F)(F)C(F)(F)C(F)(F)C(F)(F)F. The molecule has 0 bridgehead atoms. The van der Waals surface area contributed by atoms with E-state index in [0.717, 1.165) is 0 Å². The van der Waals surface area contributed by atoms with Crippen LogP contribution in [0.15, 0.2) is 0 Å². The molecule has 0 spiro atoms. The number of benzene rings is 1. The van der Waals surface area contributed by atoms with Gasteiger partial charge in [0.15, 0.2) is 0 Å². The Morgan fingerprint density at radius 3 is 1.02 bits per heavy atom. The molecule has 1 aromatic carbocycles. The zero-order valence-corrected chi connectivity index (χ0v) is 21.3. The molecule has 0 heterocycles. The maximum Gasteiger partial charge on any atom is 0.507 e. The Kier molecular flexibility index (Phi) is 9.54. The summed E-state index contributed by atoms with van der Waals surface area (Å²) in [5.41, 5.74) is 0. The van der Waals surface area contributed by atoms with Gasteiger partial charge in [0.1, 0.15) is 0 Å². The summed E-state index contributed by atoms with van der Waals surface area (Å²) in [6, 6.07) is 0. The van der Waals surface area contributed by atoms with Gasteiger partial charge in [-0.05, 0) is 2.51 Å². The average molecular weight is 808 g/mol. The van der Waals surface area contributed by atoms with Crippen LogP contribution in [-0.2, 0) is 12.6 Å². The minimum atomic E-state index is -9.17. The number of alkyl halides is 18. The molecule has 27 heteroatoms. The highest BCUT2D eigenvalue weighted by Gasteiger charge is 2.98. The lowest BCUT2D eigenvalue weighted by molar-refractivity contribution is -1.13. The van der Waals surface area contributed by atoms with Crippen molar-refractivity contribution in [2.24, 2.45) is 0 Å². The largest absolute Gasteiger partial charge is 0.507 e. The molecule has 0 aliphatic heterocycles. The topological polar surface area (TPSA) is 43.4 Å². The molecule has 1 aromatic rings. The highest BCUT2D eigenvalue weighted by atomic mass is 127. The number of rotatable bonds is 10. The van der Waals surface area contributed by atoms with Crippen LogP contribution in [0, 0.1) is 32.7 Å². The van der Waals surface area contributed by atoms with E-state index in [9.17, 15) is 105 Å². The summed E-state index contributed by atoms with van der Waals surface area (Å²) < 4.78 is 311. The van der Waals surface area contributed by atoms with Crippen molar-refractivity contribution in [2.45, 2.75) is 45.6 Å². The van der Waals surface area contributed by atoms with E-state index in [4.69, 9.17) is 0 Å².